The summed E-state index contributed by atoms with van der Waals surface area (Å²) in [5.74, 6) is -0.132. The topological polar surface area (TPSA) is 149 Å². The second-order valence-electron chi connectivity index (χ2n) is 20.8. The first-order chi connectivity index (χ1) is 35.1. The van der Waals surface area contributed by atoms with Crippen LogP contribution in [0.25, 0.3) is 11.1 Å². The normalized spacial score (nSPS) is 21.8. The molecule has 0 bridgehead atoms. The van der Waals surface area contributed by atoms with E-state index in [1.807, 2.05) is 63.2 Å². The maximum absolute atomic E-state index is 14.9. The summed E-state index contributed by atoms with van der Waals surface area (Å²) < 4.78 is 33.3. The number of aliphatic hydroxyl groups is 3. The van der Waals surface area contributed by atoms with Crippen LogP contribution >= 0.6 is 0 Å². The minimum Gasteiger partial charge on any atom is -0.459 e. The minimum absolute atomic E-state index is 0.0342. The molecular formula is C60H86N2O10. The zero-order valence-electron chi connectivity index (χ0n) is 43.9. The van der Waals surface area contributed by atoms with Gasteiger partial charge in [0.2, 0.25) is 5.79 Å². The first kappa shape index (κ1) is 56.6. The molecular weight excluding hydrogens is 909 g/mol. The average Bonchev–Trinajstić information content (AvgIpc) is 3.38. The standard InChI is InChI=1S/C60H86N2O10/c1-6-8-9-10-11-12-13-14-15-23-39-68-58(66)62(34-40-67-41-37-65)55-44-53(61-72-59(3,4)5)51-42-47(26-19-21-35-63)50(27-20-22-36-64)56-52-43-49(32-33-54(52)71-60(55,57(51)56)69-38-7-2)70-48-30-28-46(29-31-48)45-24-17-16-18-25-45/h7,16-18,24-25,28-33,42-43,47,50,55-57,63-65H,2,6,8-15,19-23,26-27,34-41,44H2,1,3-5H3/t47-,50+,55-,56+,57+,60+/m0/s1. The van der Waals surface area contributed by atoms with Gasteiger partial charge in [0.15, 0.2) is 0 Å². The van der Waals surface area contributed by atoms with Gasteiger partial charge in [-0.2, -0.15) is 0 Å². The van der Waals surface area contributed by atoms with Gasteiger partial charge in [0.1, 0.15) is 28.9 Å². The molecule has 6 rings (SSSR count). The van der Waals surface area contributed by atoms with Crippen molar-refractivity contribution in [3.63, 3.8) is 0 Å². The molecule has 1 saturated carbocycles. The molecule has 0 aromatic heterocycles. The number of amides is 1. The van der Waals surface area contributed by atoms with Crippen LogP contribution in [0, 0.1) is 17.8 Å². The number of allylic oxidation sites excluding steroid dienone is 1. The third-order valence-corrected chi connectivity index (χ3v) is 14.3. The number of hydrogen-bond acceptors (Lipinski definition) is 11. The summed E-state index contributed by atoms with van der Waals surface area (Å²) >= 11 is 0. The molecule has 1 fully saturated rings. The van der Waals surface area contributed by atoms with Gasteiger partial charge < -0.3 is 43.8 Å². The molecule has 396 valence electrons. The molecule has 3 aromatic carbocycles. The quantitative estimate of drug-likeness (QED) is 0.0313. The number of oxime groups is 1. The van der Waals surface area contributed by atoms with Crippen molar-refractivity contribution in [2.75, 3.05) is 52.8 Å². The molecule has 6 atom stereocenters. The van der Waals surface area contributed by atoms with Gasteiger partial charge in [0, 0.05) is 37.7 Å². The summed E-state index contributed by atoms with van der Waals surface area (Å²) in [6.07, 6.45) is 20.0. The number of fused-ring (bicyclic) bond motifs is 2. The number of benzene rings is 3. The van der Waals surface area contributed by atoms with Gasteiger partial charge >= 0.3 is 6.09 Å². The van der Waals surface area contributed by atoms with E-state index in [1.165, 1.54) is 44.9 Å². The van der Waals surface area contributed by atoms with Crippen LogP contribution in [0.2, 0.25) is 0 Å². The molecule has 0 spiro atoms. The lowest BCUT2D eigenvalue weighted by Crippen LogP contribution is -2.70. The van der Waals surface area contributed by atoms with Crippen LogP contribution < -0.4 is 9.47 Å². The summed E-state index contributed by atoms with van der Waals surface area (Å²) in [5, 5.41) is 34.8. The van der Waals surface area contributed by atoms with Gasteiger partial charge in [-0.1, -0.05) is 137 Å². The van der Waals surface area contributed by atoms with Crippen LogP contribution in [0.15, 0.2) is 102 Å². The highest BCUT2D eigenvalue weighted by molar-refractivity contribution is 6.03. The average molecular weight is 995 g/mol. The zero-order chi connectivity index (χ0) is 51.2. The van der Waals surface area contributed by atoms with Gasteiger partial charge in [-0.25, -0.2) is 4.79 Å². The molecule has 2 aliphatic carbocycles. The van der Waals surface area contributed by atoms with Gasteiger partial charge in [-0.15, -0.1) is 6.58 Å². The zero-order valence-corrected chi connectivity index (χ0v) is 43.9. The molecule has 0 radical (unpaired) electrons. The van der Waals surface area contributed by atoms with Crippen LogP contribution in [-0.4, -0.2) is 102 Å². The SMILES string of the molecule is C=CCO[C@@]12Oc3ccc(Oc4ccc(-c5ccccc5)cc4)cc3[C@H]3[C@H](CCCCO)[C@@H](CCCCO)C=C(C(=NOC(C)(C)C)C[C@@H]1N(CCOCCO)C(=O)OCCCCCCCCCCCC)[C@H]32. The van der Waals surface area contributed by atoms with E-state index >= 15 is 0 Å². The number of unbranched alkanes of at least 4 members (excludes halogenated alkanes) is 11. The Bertz CT molecular complexity index is 2140. The maximum Gasteiger partial charge on any atom is 0.410 e. The van der Waals surface area contributed by atoms with E-state index in [-0.39, 0.29) is 77.0 Å². The largest absolute Gasteiger partial charge is 0.459 e. The van der Waals surface area contributed by atoms with Crippen LogP contribution in [-0.2, 0) is 19.0 Å². The molecule has 3 aromatic rings. The van der Waals surface area contributed by atoms with Crippen molar-refractivity contribution < 1.29 is 48.6 Å². The Morgan fingerprint density at radius 1 is 0.792 bits per heavy atom. The first-order valence-electron chi connectivity index (χ1n) is 27.3. The van der Waals surface area contributed by atoms with Crippen molar-refractivity contribution in [1.29, 1.82) is 0 Å². The Kier molecular flexibility index (Phi) is 23.0. The number of carbonyl (C=O) groups is 1. The summed E-state index contributed by atoms with van der Waals surface area (Å²) in [5.41, 5.74) is 4.20. The van der Waals surface area contributed by atoms with Crippen molar-refractivity contribution >= 4 is 11.8 Å². The molecule has 1 heterocycles. The van der Waals surface area contributed by atoms with E-state index in [1.54, 1.807) is 11.0 Å². The maximum atomic E-state index is 14.9. The van der Waals surface area contributed by atoms with Crippen molar-refractivity contribution in [3.05, 3.63) is 103 Å². The van der Waals surface area contributed by atoms with Crippen molar-refractivity contribution in [2.24, 2.45) is 22.9 Å². The lowest BCUT2D eigenvalue weighted by molar-refractivity contribution is -0.256. The van der Waals surface area contributed by atoms with Crippen molar-refractivity contribution in [2.45, 2.75) is 160 Å². The van der Waals surface area contributed by atoms with E-state index in [2.05, 4.69) is 49.9 Å². The number of nitrogens with zero attached hydrogens (tertiary/aromatic N) is 2. The molecule has 12 nitrogen and oxygen atoms in total. The van der Waals surface area contributed by atoms with Gasteiger partial charge in [-0.05, 0) is 112 Å². The number of aliphatic hydroxyl groups excluding tert-OH is 3. The third-order valence-electron chi connectivity index (χ3n) is 14.3. The molecule has 3 N–H and O–H groups in total. The number of carbonyl (C=O) groups excluding carboxylic acids is 1. The number of ether oxygens (including phenoxy) is 5. The molecule has 1 aliphatic heterocycles. The number of hydrogen-bond donors (Lipinski definition) is 3. The highest BCUT2D eigenvalue weighted by Gasteiger charge is 2.65. The predicted octanol–water partition coefficient (Wildman–Crippen LogP) is 12.9. The lowest BCUT2D eigenvalue weighted by Gasteiger charge is -2.60. The fraction of sp³-hybridized carbons (Fsp3) is 0.600. The molecule has 0 unspecified atom stereocenters. The molecule has 12 heteroatoms. The fourth-order valence-corrected chi connectivity index (χ4v) is 10.9. The van der Waals surface area contributed by atoms with Crippen LogP contribution in [0.4, 0.5) is 4.79 Å². The molecule has 3 aliphatic rings. The van der Waals surface area contributed by atoms with E-state index in [9.17, 15) is 20.1 Å². The summed E-state index contributed by atoms with van der Waals surface area (Å²) in [6.45, 7) is 13.1. The van der Waals surface area contributed by atoms with Gasteiger partial charge in [0.25, 0.3) is 0 Å². The van der Waals surface area contributed by atoms with Gasteiger partial charge in [-0.3, -0.25) is 4.90 Å². The molecule has 72 heavy (non-hydrogen) atoms. The first-order valence-corrected chi connectivity index (χ1v) is 27.3. The highest BCUT2D eigenvalue weighted by Crippen LogP contribution is 2.62. The van der Waals surface area contributed by atoms with Crippen molar-refractivity contribution in [1.82, 2.24) is 4.90 Å². The fourth-order valence-electron chi connectivity index (χ4n) is 10.9. The van der Waals surface area contributed by atoms with E-state index in [0.29, 0.717) is 35.8 Å². The summed E-state index contributed by atoms with van der Waals surface area (Å²) in [7, 11) is 0. The minimum atomic E-state index is -1.47. The van der Waals surface area contributed by atoms with Crippen LogP contribution in [0.3, 0.4) is 0 Å². The Labute approximate surface area is 430 Å². The van der Waals surface area contributed by atoms with E-state index in [4.69, 9.17) is 33.7 Å². The Balaban J connectivity index is 1.43. The Hall–Kier alpha value is -4.72. The predicted molar refractivity (Wildman–Crippen MR) is 286 cm³/mol. The van der Waals surface area contributed by atoms with Gasteiger partial charge in [0.05, 0.1) is 44.7 Å². The smallest absolute Gasteiger partial charge is 0.410 e. The van der Waals surface area contributed by atoms with Crippen LogP contribution in [0.5, 0.6) is 17.2 Å². The molecule has 1 amide bonds. The third kappa shape index (κ3) is 15.7. The van der Waals surface area contributed by atoms with E-state index in [0.717, 1.165) is 67.2 Å². The lowest BCUT2D eigenvalue weighted by atomic mass is 9.55. The number of rotatable bonds is 32. The monoisotopic (exact) mass is 995 g/mol. The second-order valence-corrected chi connectivity index (χ2v) is 20.8. The summed E-state index contributed by atoms with van der Waals surface area (Å²) in [6, 6.07) is 23.6. The van der Waals surface area contributed by atoms with Crippen LogP contribution in [0.1, 0.15) is 148 Å². The molecule has 0 saturated heterocycles. The summed E-state index contributed by atoms with van der Waals surface area (Å²) in [4.78, 5) is 22.9. The van der Waals surface area contributed by atoms with E-state index < -0.39 is 29.4 Å². The Morgan fingerprint density at radius 2 is 1.46 bits per heavy atom. The van der Waals surface area contributed by atoms with Crippen molar-refractivity contribution in [3.8, 4) is 28.4 Å². The second kappa shape index (κ2) is 29.2. The highest BCUT2D eigenvalue weighted by atomic mass is 16.7. The Morgan fingerprint density at radius 3 is 2.12 bits per heavy atom.